The van der Waals surface area contributed by atoms with Crippen molar-refractivity contribution in [2.45, 2.75) is 38.1 Å². The van der Waals surface area contributed by atoms with E-state index in [1.54, 1.807) is 7.11 Å². The lowest BCUT2D eigenvalue weighted by molar-refractivity contribution is -0.130. The van der Waals surface area contributed by atoms with Crippen LogP contribution >= 0.6 is 0 Å². The maximum absolute atomic E-state index is 12.2. The van der Waals surface area contributed by atoms with Crippen LogP contribution in [0.15, 0.2) is 0 Å². The molecule has 0 radical (unpaired) electrons. The van der Waals surface area contributed by atoms with E-state index in [0.717, 1.165) is 0 Å². The standard InChI is InChI=1S/C15H26N2O5S/c1-22-8-7-16-14(18)11-2-4-12(5-3-11)15(19)17-13-6-9-23(20,21)10-13/h11-13H,2-10H2,1H3,(H,16,18)(H,17,19). The third-order valence-electron chi connectivity index (χ3n) is 4.65. The molecule has 1 unspecified atom stereocenters. The van der Waals surface area contributed by atoms with Gasteiger partial charge < -0.3 is 15.4 Å². The third-order valence-corrected chi connectivity index (χ3v) is 6.42. The van der Waals surface area contributed by atoms with Gasteiger partial charge >= 0.3 is 0 Å². The topological polar surface area (TPSA) is 102 Å². The molecule has 2 amide bonds. The first-order chi connectivity index (χ1) is 10.9. The summed E-state index contributed by atoms with van der Waals surface area (Å²) in [7, 11) is -1.39. The molecule has 0 aromatic carbocycles. The lowest BCUT2D eigenvalue weighted by Gasteiger charge is -2.27. The van der Waals surface area contributed by atoms with Gasteiger partial charge in [0.05, 0.1) is 18.1 Å². The van der Waals surface area contributed by atoms with Crippen LogP contribution in [-0.2, 0) is 24.2 Å². The number of ether oxygens (including phenoxy) is 1. The quantitative estimate of drug-likeness (QED) is 0.652. The zero-order chi connectivity index (χ0) is 16.9. The predicted octanol–water partition coefficient (Wildman–Crippen LogP) is -0.141. The summed E-state index contributed by atoms with van der Waals surface area (Å²) in [5.41, 5.74) is 0. The highest BCUT2D eigenvalue weighted by Gasteiger charge is 2.33. The van der Waals surface area contributed by atoms with E-state index in [1.807, 2.05) is 0 Å². The van der Waals surface area contributed by atoms with Crippen molar-refractivity contribution in [3.8, 4) is 0 Å². The van der Waals surface area contributed by atoms with Crippen LogP contribution in [0.1, 0.15) is 32.1 Å². The van der Waals surface area contributed by atoms with Gasteiger partial charge in [-0.2, -0.15) is 0 Å². The second kappa shape index (κ2) is 8.10. The molecule has 0 aromatic rings. The number of hydrogen-bond acceptors (Lipinski definition) is 5. The first-order valence-corrected chi connectivity index (χ1v) is 10.0. The number of carbonyl (C=O) groups is 2. The molecule has 8 heteroatoms. The van der Waals surface area contributed by atoms with Gasteiger partial charge in [0.15, 0.2) is 9.84 Å². The second-order valence-electron chi connectivity index (χ2n) is 6.44. The minimum Gasteiger partial charge on any atom is -0.383 e. The van der Waals surface area contributed by atoms with E-state index >= 15 is 0 Å². The largest absolute Gasteiger partial charge is 0.383 e. The number of carbonyl (C=O) groups excluding carboxylic acids is 2. The van der Waals surface area contributed by atoms with Crippen LogP contribution < -0.4 is 10.6 Å². The van der Waals surface area contributed by atoms with Gasteiger partial charge in [0.1, 0.15) is 0 Å². The molecule has 7 nitrogen and oxygen atoms in total. The summed E-state index contributed by atoms with van der Waals surface area (Å²) in [6.45, 7) is 1.000. The Morgan fingerprint density at radius 3 is 2.17 bits per heavy atom. The molecule has 1 aliphatic heterocycles. The summed E-state index contributed by atoms with van der Waals surface area (Å²) >= 11 is 0. The van der Waals surface area contributed by atoms with Gasteiger partial charge in [0, 0.05) is 31.5 Å². The van der Waals surface area contributed by atoms with E-state index < -0.39 is 9.84 Å². The van der Waals surface area contributed by atoms with E-state index in [0.29, 0.717) is 45.3 Å². The molecule has 2 aliphatic rings. The van der Waals surface area contributed by atoms with Gasteiger partial charge in [-0.05, 0) is 32.1 Å². The molecule has 1 atom stereocenters. The fraction of sp³-hybridized carbons (Fsp3) is 0.867. The molecule has 2 rings (SSSR count). The molecule has 2 fully saturated rings. The van der Waals surface area contributed by atoms with Crippen LogP contribution in [0.25, 0.3) is 0 Å². The van der Waals surface area contributed by atoms with Gasteiger partial charge in [0.25, 0.3) is 0 Å². The van der Waals surface area contributed by atoms with Crippen LogP contribution in [0.2, 0.25) is 0 Å². The Kier molecular flexibility index (Phi) is 6.41. The minimum absolute atomic E-state index is 0.0304. The average molecular weight is 346 g/mol. The third kappa shape index (κ3) is 5.46. The number of methoxy groups -OCH3 is 1. The van der Waals surface area contributed by atoms with E-state index in [2.05, 4.69) is 10.6 Å². The van der Waals surface area contributed by atoms with Gasteiger partial charge in [-0.3, -0.25) is 9.59 Å². The average Bonchev–Trinajstić information content (AvgIpc) is 2.86. The van der Waals surface area contributed by atoms with Gasteiger partial charge in [0.2, 0.25) is 11.8 Å². The summed E-state index contributed by atoms with van der Waals surface area (Å²) in [4.78, 5) is 24.2. The zero-order valence-corrected chi connectivity index (χ0v) is 14.4. The van der Waals surface area contributed by atoms with Crippen LogP contribution in [0.3, 0.4) is 0 Å². The Labute approximate surface area is 137 Å². The summed E-state index contributed by atoms with van der Waals surface area (Å²) < 4.78 is 27.7. The highest BCUT2D eigenvalue weighted by Crippen LogP contribution is 2.29. The molecule has 23 heavy (non-hydrogen) atoms. The number of hydrogen-bond donors (Lipinski definition) is 2. The molecule has 1 heterocycles. The number of nitrogens with one attached hydrogen (secondary N) is 2. The molecule has 1 saturated carbocycles. The van der Waals surface area contributed by atoms with Crippen molar-refractivity contribution in [2.24, 2.45) is 11.8 Å². The number of rotatable bonds is 6. The highest BCUT2D eigenvalue weighted by atomic mass is 32.2. The van der Waals surface area contributed by atoms with Crippen molar-refractivity contribution in [1.82, 2.24) is 10.6 Å². The van der Waals surface area contributed by atoms with Crippen LogP contribution in [0.5, 0.6) is 0 Å². The second-order valence-corrected chi connectivity index (χ2v) is 8.67. The monoisotopic (exact) mass is 346 g/mol. The first kappa shape index (κ1) is 18.2. The maximum atomic E-state index is 12.2. The van der Waals surface area contributed by atoms with Crippen LogP contribution in [0.4, 0.5) is 0 Å². The van der Waals surface area contributed by atoms with E-state index in [4.69, 9.17) is 4.74 Å². The van der Waals surface area contributed by atoms with Gasteiger partial charge in [-0.1, -0.05) is 0 Å². The lowest BCUT2D eigenvalue weighted by Crippen LogP contribution is -2.42. The Morgan fingerprint density at radius 1 is 1.04 bits per heavy atom. The molecule has 2 N–H and O–H groups in total. The van der Waals surface area contributed by atoms with E-state index in [1.165, 1.54) is 0 Å². The van der Waals surface area contributed by atoms with Crippen molar-refractivity contribution in [2.75, 3.05) is 31.8 Å². The Morgan fingerprint density at radius 2 is 1.65 bits per heavy atom. The molecule has 0 bridgehead atoms. The highest BCUT2D eigenvalue weighted by molar-refractivity contribution is 7.91. The molecule has 0 aromatic heterocycles. The summed E-state index contributed by atoms with van der Waals surface area (Å²) in [6, 6.07) is -0.248. The van der Waals surface area contributed by atoms with Gasteiger partial charge in [-0.25, -0.2) is 8.42 Å². The summed E-state index contributed by atoms with van der Waals surface area (Å²) in [6.07, 6.45) is 3.24. The zero-order valence-electron chi connectivity index (χ0n) is 13.5. The fourth-order valence-electron chi connectivity index (χ4n) is 3.27. The van der Waals surface area contributed by atoms with Crippen LogP contribution in [0, 0.1) is 11.8 Å². The van der Waals surface area contributed by atoms with Gasteiger partial charge in [-0.15, -0.1) is 0 Å². The first-order valence-electron chi connectivity index (χ1n) is 8.18. The minimum atomic E-state index is -2.98. The number of amides is 2. The molecular formula is C15H26N2O5S. The molecule has 1 saturated heterocycles. The fourth-order valence-corrected chi connectivity index (χ4v) is 4.94. The molecular weight excluding hydrogens is 320 g/mol. The molecule has 0 spiro atoms. The number of sulfone groups is 1. The summed E-state index contributed by atoms with van der Waals surface area (Å²) in [5.74, 6) is 0.0275. The van der Waals surface area contributed by atoms with Crippen molar-refractivity contribution in [1.29, 1.82) is 0 Å². The normalized spacial score (nSPS) is 29.9. The Balaban J connectivity index is 1.71. The lowest BCUT2D eigenvalue weighted by atomic mass is 9.81. The SMILES string of the molecule is COCCNC(=O)C1CCC(C(=O)NC2CCS(=O)(=O)C2)CC1. The van der Waals surface area contributed by atoms with Crippen molar-refractivity contribution in [3.05, 3.63) is 0 Å². The molecule has 1 aliphatic carbocycles. The Bertz CT molecular complexity index is 526. The smallest absolute Gasteiger partial charge is 0.223 e. The maximum Gasteiger partial charge on any atom is 0.223 e. The predicted molar refractivity (Wildman–Crippen MR) is 85.5 cm³/mol. The van der Waals surface area contributed by atoms with Crippen LogP contribution in [-0.4, -0.2) is 58.0 Å². The Hall–Kier alpha value is -1.15. The molecule has 132 valence electrons. The summed E-state index contributed by atoms with van der Waals surface area (Å²) in [5, 5.41) is 5.69. The van der Waals surface area contributed by atoms with E-state index in [9.17, 15) is 18.0 Å². The van der Waals surface area contributed by atoms with E-state index in [-0.39, 0.29) is 41.2 Å². The van der Waals surface area contributed by atoms with Crippen molar-refractivity contribution in [3.63, 3.8) is 0 Å². The van der Waals surface area contributed by atoms with Crippen molar-refractivity contribution >= 4 is 21.7 Å². The van der Waals surface area contributed by atoms with Crippen molar-refractivity contribution < 1.29 is 22.7 Å².